The van der Waals surface area contributed by atoms with E-state index in [9.17, 15) is 0 Å². The van der Waals surface area contributed by atoms with Gasteiger partial charge < -0.3 is 4.42 Å². The molecule has 0 fully saturated rings. The third kappa shape index (κ3) is 3.34. The van der Waals surface area contributed by atoms with E-state index in [-0.39, 0.29) is 0 Å². The van der Waals surface area contributed by atoms with Gasteiger partial charge in [0.1, 0.15) is 11.2 Å². The standard InChI is InChI=1S/C43H25N3O/c1-4-15-31-26(10-1)21-23-38-39(31)40-32-16-5-3-12-29(32)25-34(42(40)47-38)28-13-9-14-30(24-28)45-37-22-20-27-11-2-6-17-33(27)41(37)46-36-19-8-7-18-35(36)44-43(45)46/h1-25H. The summed E-state index contributed by atoms with van der Waals surface area (Å²) in [4.78, 5) is 5.19. The first-order valence-electron chi connectivity index (χ1n) is 16.0. The van der Waals surface area contributed by atoms with Crippen molar-refractivity contribution in [1.82, 2.24) is 14.0 Å². The van der Waals surface area contributed by atoms with E-state index in [0.717, 1.165) is 61.2 Å². The van der Waals surface area contributed by atoms with Crippen molar-refractivity contribution < 1.29 is 4.42 Å². The van der Waals surface area contributed by atoms with Crippen molar-refractivity contribution in [2.75, 3.05) is 0 Å². The summed E-state index contributed by atoms with van der Waals surface area (Å²) < 4.78 is 11.4. The topological polar surface area (TPSA) is 35.4 Å². The molecule has 0 spiro atoms. The summed E-state index contributed by atoms with van der Waals surface area (Å²) in [6, 6.07) is 54.0. The Labute approximate surface area is 268 Å². The summed E-state index contributed by atoms with van der Waals surface area (Å²) in [7, 11) is 0. The van der Waals surface area contributed by atoms with Crippen LogP contribution in [0.5, 0.6) is 0 Å². The summed E-state index contributed by atoms with van der Waals surface area (Å²) in [6.07, 6.45) is 0. The Hall–Kier alpha value is -6.39. The number of fused-ring (bicyclic) bond motifs is 14. The number of aromatic nitrogens is 3. The predicted octanol–water partition coefficient (Wildman–Crippen LogP) is 11.5. The molecular weight excluding hydrogens is 574 g/mol. The van der Waals surface area contributed by atoms with Gasteiger partial charge in [0.25, 0.3) is 0 Å². The molecular formula is C43H25N3O. The fourth-order valence-corrected chi connectivity index (χ4v) is 7.82. The van der Waals surface area contributed by atoms with Gasteiger partial charge in [-0.15, -0.1) is 0 Å². The van der Waals surface area contributed by atoms with Crippen LogP contribution in [-0.4, -0.2) is 14.0 Å². The fraction of sp³-hybridized carbons (Fsp3) is 0. The maximum absolute atomic E-state index is 6.79. The molecule has 4 heteroatoms. The summed E-state index contributed by atoms with van der Waals surface area (Å²) >= 11 is 0. The molecule has 218 valence electrons. The van der Waals surface area contributed by atoms with Crippen LogP contribution in [0.2, 0.25) is 0 Å². The lowest BCUT2D eigenvalue weighted by Crippen LogP contribution is -1.95. The highest BCUT2D eigenvalue weighted by atomic mass is 16.3. The van der Waals surface area contributed by atoms with Gasteiger partial charge in [0.05, 0.1) is 22.1 Å². The highest BCUT2D eigenvalue weighted by molar-refractivity contribution is 6.28. The third-order valence-corrected chi connectivity index (χ3v) is 9.86. The zero-order valence-corrected chi connectivity index (χ0v) is 25.2. The van der Waals surface area contributed by atoms with Crippen molar-refractivity contribution in [2.24, 2.45) is 0 Å². The van der Waals surface area contributed by atoms with Gasteiger partial charge in [-0.25, -0.2) is 4.98 Å². The molecule has 0 aliphatic rings. The highest BCUT2D eigenvalue weighted by Gasteiger charge is 2.21. The van der Waals surface area contributed by atoms with Gasteiger partial charge in [-0.05, 0) is 75.0 Å². The number of furan rings is 1. The van der Waals surface area contributed by atoms with Crippen LogP contribution in [-0.2, 0) is 0 Å². The molecule has 0 atom stereocenters. The highest BCUT2D eigenvalue weighted by Crippen LogP contribution is 2.44. The van der Waals surface area contributed by atoms with Crippen molar-refractivity contribution >= 4 is 82.1 Å². The Bertz CT molecular complexity index is 3080. The predicted molar refractivity (Wildman–Crippen MR) is 195 cm³/mol. The maximum atomic E-state index is 6.79. The maximum Gasteiger partial charge on any atom is 0.220 e. The summed E-state index contributed by atoms with van der Waals surface area (Å²) in [5.74, 6) is 0.897. The number of rotatable bonds is 2. The number of nitrogens with zero attached hydrogens (tertiary/aromatic N) is 3. The monoisotopic (exact) mass is 599 g/mol. The van der Waals surface area contributed by atoms with Crippen LogP contribution in [0.15, 0.2) is 156 Å². The normalized spacial score (nSPS) is 12.3. The molecule has 0 radical (unpaired) electrons. The first kappa shape index (κ1) is 24.9. The number of para-hydroxylation sites is 2. The molecule has 0 unspecified atom stereocenters. The molecule has 4 nitrogen and oxygen atoms in total. The zero-order chi connectivity index (χ0) is 30.6. The van der Waals surface area contributed by atoms with Crippen molar-refractivity contribution in [3.8, 4) is 16.8 Å². The average Bonchev–Trinajstić information content (AvgIpc) is 3.80. The molecule has 11 aromatic rings. The Balaban J connectivity index is 1.24. The lowest BCUT2D eigenvalue weighted by atomic mass is 9.94. The molecule has 11 rings (SSSR count). The van der Waals surface area contributed by atoms with E-state index in [4.69, 9.17) is 9.40 Å². The molecule has 3 aromatic heterocycles. The summed E-state index contributed by atoms with van der Waals surface area (Å²) in [5.41, 5.74) is 9.40. The molecule has 0 aliphatic heterocycles. The van der Waals surface area contributed by atoms with Gasteiger partial charge in [-0.1, -0.05) is 109 Å². The van der Waals surface area contributed by atoms with Crippen LogP contribution in [0, 0.1) is 0 Å². The lowest BCUT2D eigenvalue weighted by Gasteiger charge is -2.11. The van der Waals surface area contributed by atoms with E-state index >= 15 is 0 Å². The van der Waals surface area contributed by atoms with E-state index in [1.54, 1.807) is 0 Å². The zero-order valence-electron chi connectivity index (χ0n) is 25.2. The molecule has 8 aromatic carbocycles. The Morgan fingerprint density at radius 1 is 0.511 bits per heavy atom. The average molecular weight is 600 g/mol. The molecule has 0 amide bonds. The third-order valence-electron chi connectivity index (χ3n) is 9.86. The Morgan fingerprint density at radius 2 is 1.21 bits per heavy atom. The molecule has 0 aliphatic carbocycles. The van der Waals surface area contributed by atoms with Crippen molar-refractivity contribution in [2.45, 2.75) is 0 Å². The summed E-state index contributed by atoms with van der Waals surface area (Å²) in [6.45, 7) is 0. The molecule has 47 heavy (non-hydrogen) atoms. The molecule has 3 heterocycles. The van der Waals surface area contributed by atoms with Crippen LogP contribution < -0.4 is 0 Å². The van der Waals surface area contributed by atoms with Crippen LogP contribution in [0.1, 0.15) is 0 Å². The van der Waals surface area contributed by atoms with Gasteiger partial charge in [0.15, 0.2) is 0 Å². The largest absolute Gasteiger partial charge is 0.455 e. The van der Waals surface area contributed by atoms with Gasteiger partial charge in [0, 0.05) is 27.4 Å². The fourth-order valence-electron chi connectivity index (χ4n) is 7.82. The minimum absolute atomic E-state index is 0.897. The Kier molecular flexibility index (Phi) is 4.81. The van der Waals surface area contributed by atoms with E-state index in [1.807, 2.05) is 0 Å². The number of imidazole rings is 2. The molecule has 0 saturated carbocycles. The van der Waals surface area contributed by atoms with Gasteiger partial charge in [-0.3, -0.25) is 8.97 Å². The number of hydrogen-bond acceptors (Lipinski definition) is 2. The minimum atomic E-state index is 0.897. The van der Waals surface area contributed by atoms with Gasteiger partial charge >= 0.3 is 0 Å². The van der Waals surface area contributed by atoms with Crippen molar-refractivity contribution in [3.05, 3.63) is 152 Å². The first-order valence-corrected chi connectivity index (χ1v) is 16.0. The van der Waals surface area contributed by atoms with Crippen molar-refractivity contribution in [1.29, 1.82) is 0 Å². The quantitative estimate of drug-likeness (QED) is 0.198. The van der Waals surface area contributed by atoms with Crippen molar-refractivity contribution in [3.63, 3.8) is 0 Å². The Morgan fingerprint density at radius 3 is 2.09 bits per heavy atom. The van der Waals surface area contributed by atoms with E-state index in [0.29, 0.717) is 0 Å². The number of benzene rings is 8. The SMILES string of the molecule is c1cc(-c2cc3ccccc3c3c2oc2ccc4ccccc4c23)cc(-n2c3ccc4ccccc4c3n3c4ccccc4nc23)c1. The van der Waals surface area contributed by atoms with Crippen LogP contribution in [0.4, 0.5) is 0 Å². The van der Waals surface area contributed by atoms with E-state index in [1.165, 1.54) is 37.7 Å². The lowest BCUT2D eigenvalue weighted by molar-refractivity contribution is 0.670. The second-order valence-electron chi connectivity index (χ2n) is 12.4. The second kappa shape index (κ2) is 9.09. The second-order valence-corrected chi connectivity index (χ2v) is 12.4. The molecule has 0 N–H and O–H groups in total. The first-order chi connectivity index (χ1) is 23.3. The van der Waals surface area contributed by atoms with E-state index < -0.39 is 0 Å². The minimum Gasteiger partial charge on any atom is -0.455 e. The van der Waals surface area contributed by atoms with Crippen LogP contribution in [0.3, 0.4) is 0 Å². The van der Waals surface area contributed by atoms with E-state index in [2.05, 4.69) is 161 Å². The number of hydrogen-bond donors (Lipinski definition) is 0. The van der Waals surface area contributed by atoms with Gasteiger partial charge in [-0.2, -0.15) is 0 Å². The molecule has 0 saturated heterocycles. The smallest absolute Gasteiger partial charge is 0.220 e. The summed E-state index contributed by atoms with van der Waals surface area (Å²) in [5, 5.41) is 9.56. The van der Waals surface area contributed by atoms with Crippen LogP contribution >= 0.6 is 0 Å². The van der Waals surface area contributed by atoms with Crippen LogP contribution in [0.25, 0.3) is 98.9 Å². The molecule has 0 bridgehead atoms. The van der Waals surface area contributed by atoms with Gasteiger partial charge in [0.2, 0.25) is 5.78 Å².